The Morgan fingerprint density at radius 2 is 0.429 bits per heavy atom. The van der Waals surface area contributed by atoms with Gasteiger partial charge in [-0.2, -0.15) is 0 Å². The molecule has 0 saturated carbocycles. The van der Waals surface area contributed by atoms with E-state index in [4.69, 9.17) is 0 Å². The summed E-state index contributed by atoms with van der Waals surface area (Å²) >= 11 is 0. The van der Waals surface area contributed by atoms with E-state index in [-0.39, 0.29) is 35.4 Å². The summed E-state index contributed by atoms with van der Waals surface area (Å²) in [5.74, 6) is -1.90. The molecule has 0 atom stereocenters. The van der Waals surface area contributed by atoms with Gasteiger partial charge in [0.25, 0.3) is 35.4 Å². The van der Waals surface area contributed by atoms with Gasteiger partial charge in [-0.05, 0) is 230 Å². The first-order valence-electron chi connectivity index (χ1n) is 47.3. The third-order valence-electron chi connectivity index (χ3n) is 28.0. The van der Waals surface area contributed by atoms with E-state index >= 15 is 0 Å². The lowest BCUT2D eigenvalue weighted by Gasteiger charge is -2.18. The van der Waals surface area contributed by atoms with E-state index in [9.17, 15) is 28.8 Å². The topological polar surface area (TPSA) is 127 Å². The minimum absolute atomic E-state index is 0.309. The zero-order valence-corrected chi connectivity index (χ0v) is 78.4. The second kappa shape index (κ2) is 34.7. The van der Waals surface area contributed by atoms with Gasteiger partial charge in [0, 0.05) is 49.0 Å². The Labute approximate surface area is 810 Å². The molecule has 6 amide bonds. The van der Waals surface area contributed by atoms with Crippen LogP contribution in [0, 0.1) is 55.4 Å². The van der Waals surface area contributed by atoms with Gasteiger partial charge >= 0.3 is 0 Å². The summed E-state index contributed by atoms with van der Waals surface area (Å²) in [6, 6.07) is 138. The maximum atomic E-state index is 14.7. The van der Waals surface area contributed by atoms with Crippen molar-refractivity contribution in [3.63, 3.8) is 0 Å². The van der Waals surface area contributed by atoms with Gasteiger partial charge in [0.2, 0.25) is 0 Å². The number of amides is 6. The predicted molar refractivity (Wildman–Crippen MR) is 571 cm³/mol. The van der Waals surface area contributed by atoms with Crippen molar-refractivity contribution in [3.05, 3.63) is 490 Å². The first kappa shape index (κ1) is 86.1. The Bertz CT molecular complexity index is 8840. The smallest absolute Gasteiger partial charge is 0.268 e. The number of aromatic nitrogens is 3. The average molecular weight is 1810 g/mol. The number of nitrogens with zero attached hydrogens (tertiary/aromatic N) is 6. The number of fused-ring (bicyclic) bond motifs is 12. The monoisotopic (exact) mass is 1810 g/mol. The fourth-order valence-corrected chi connectivity index (χ4v) is 21.5. The number of aryl methyl sites for hydroxylation is 8. The largest absolute Gasteiger partial charge is 0.308 e. The van der Waals surface area contributed by atoms with Crippen molar-refractivity contribution in [3.8, 4) is 95.0 Å². The van der Waals surface area contributed by atoms with E-state index in [0.717, 1.165) is 138 Å². The number of hydrogen-bond acceptors (Lipinski definition) is 6. The molecule has 0 radical (unpaired) electrons. The van der Waals surface area contributed by atoms with E-state index in [0.29, 0.717) is 67.5 Å². The standard InChI is InChI=1S/C48H36N2O2.2C40H28N2O2/c1-29-19-25-36(31(3)27-29)38-13-8-15-40-41-16-9-14-39(37-26-20-30(2)28-32(37)4)46(41)50(45(38)40)43-18-10-17-42-44(43)48(52)49(47(42)51)35-23-21-34(22-24-35)33-11-6-5-7-12-33;1-25-18-23-30(26(2)24-25)32-13-8-14-33-31-12-6-7-16-35(31)42(38(32)33)36-17-9-15-34-37(36)40(44)41(39(34)43)29-21-19-28(20-22-29)27-10-4-3-5-11-27;1-25-15-21-31(26(2)23-25)29-18-22-33-32-11-6-7-13-35(32)42(37(33)24-29)36-14-8-12-34-38(36)40(44)41(39(34)43)30-19-16-28(17-20-30)27-9-4-3-5-10-27/h5-28H,1-4H3;2*3-24H,1-2H3. The van der Waals surface area contributed by atoms with Crippen LogP contribution in [0.25, 0.3) is 160 Å². The highest BCUT2D eigenvalue weighted by Crippen LogP contribution is 2.49. The maximum Gasteiger partial charge on any atom is 0.268 e. The summed E-state index contributed by atoms with van der Waals surface area (Å²) in [6.45, 7) is 17.0. The van der Waals surface area contributed by atoms with Crippen LogP contribution >= 0.6 is 0 Å². The van der Waals surface area contributed by atoms with Gasteiger partial charge in [-0.25, -0.2) is 14.7 Å². The molecule has 6 heterocycles. The van der Waals surface area contributed by atoms with Gasteiger partial charge in [-0.15, -0.1) is 0 Å². The van der Waals surface area contributed by atoms with Gasteiger partial charge in [0.1, 0.15) is 0 Å². The highest BCUT2D eigenvalue weighted by atomic mass is 16.2. The average Bonchev–Trinajstić information content (AvgIpc) is 1.56. The van der Waals surface area contributed by atoms with Crippen LogP contribution < -0.4 is 14.7 Å². The lowest BCUT2D eigenvalue weighted by molar-refractivity contribution is 0.0910. The summed E-state index contributed by atoms with van der Waals surface area (Å²) in [5.41, 5.74) is 37.0. The lowest BCUT2D eigenvalue weighted by Crippen LogP contribution is -2.29. The SMILES string of the molecule is Cc1ccc(-c2ccc3c4ccccc4n(-c4cccc5c4C(=O)N(c4ccc(-c6ccccc6)cc4)C5=O)c3c2)c(C)c1.Cc1ccc(-c2cccc3c4cccc(-c5ccc(C)cc5C)c4n(-c4cccc5c4C(=O)N(c4ccc(-c6ccccc6)cc4)C5=O)c23)c(C)c1.Cc1ccc(-c2cccc3c4ccccc4n(-c4cccc5c4C(=O)N(c4ccc(-c6ccccc6)cc4)C5=O)c23)c(C)c1. The molecule has 3 aliphatic rings. The molecule has 140 heavy (non-hydrogen) atoms. The molecule has 25 rings (SSSR count). The molecule has 0 fully saturated rings. The van der Waals surface area contributed by atoms with Gasteiger partial charge in [-0.3, -0.25) is 28.8 Å². The van der Waals surface area contributed by atoms with E-state index in [1.54, 1.807) is 18.2 Å². The van der Waals surface area contributed by atoms with E-state index in [1.807, 2.05) is 224 Å². The third-order valence-corrected chi connectivity index (χ3v) is 28.0. The van der Waals surface area contributed by atoms with Gasteiger partial charge in [0.15, 0.2) is 0 Å². The predicted octanol–water partition coefficient (Wildman–Crippen LogP) is 30.9. The number of carbonyl (C=O) groups is 6. The number of hydrogen-bond donors (Lipinski definition) is 0. The van der Waals surface area contributed by atoms with E-state index in [2.05, 4.69) is 239 Å². The lowest BCUT2D eigenvalue weighted by atomic mass is 9.95. The molecule has 0 N–H and O–H groups in total. The summed E-state index contributed by atoms with van der Waals surface area (Å²) < 4.78 is 6.56. The minimum Gasteiger partial charge on any atom is -0.308 e. The van der Waals surface area contributed by atoms with Gasteiger partial charge in [-0.1, -0.05) is 344 Å². The van der Waals surface area contributed by atoms with E-state index < -0.39 is 0 Å². The number of para-hydroxylation sites is 5. The van der Waals surface area contributed by atoms with Crippen LogP contribution in [-0.4, -0.2) is 49.1 Å². The van der Waals surface area contributed by atoms with Crippen LogP contribution in [0.3, 0.4) is 0 Å². The van der Waals surface area contributed by atoms with Gasteiger partial charge in [0.05, 0.1) is 101 Å². The molecule has 0 saturated heterocycles. The van der Waals surface area contributed by atoms with Crippen molar-refractivity contribution in [1.82, 2.24) is 13.7 Å². The fraction of sp³-hybridized carbons (Fsp3) is 0.0625. The number of anilines is 3. The molecule has 22 aromatic rings. The molecule has 670 valence electrons. The second-order valence-corrected chi connectivity index (χ2v) is 36.8. The number of benzene rings is 19. The number of rotatable bonds is 13. The van der Waals surface area contributed by atoms with Crippen molar-refractivity contribution in [1.29, 1.82) is 0 Å². The zero-order chi connectivity index (χ0) is 95.6. The molecule has 3 aliphatic heterocycles. The van der Waals surface area contributed by atoms with Crippen LogP contribution in [0.5, 0.6) is 0 Å². The summed E-state index contributed by atoms with van der Waals surface area (Å²) in [5, 5.41) is 6.55. The molecular formula is C128H92N6O6. The zero-order valence-electron chi connectivity index (χ0n) is 78.4. The first-order chi connectivity index (χ1) is 68.3. The molecule has 0 bridgehead atoms. The Kier molecular flexibility index (Phi) is 21.4. The fourth-order valence-electron chi connectivity index (χ4n) is 21.5. The molecule has 0 unspecified atom stereocenters. The molecule has 12 heteroatoms. The van der Waals surface area contributed by atoms with Crippen LogP contribution in [0.2, 0.25) is 0 Å². The van der Waals surface area contributed by atoms with Crippen LogP contribution in [0.4, 0.5) is 17.1 Å². The van der Waals surface area contributed by atoms with Gasteiger partial charge < -0.3 is 13.7 Å². The Balaban J connectivity index is 0.000000118. The third kappa shape index (κ3) is 14.4. The highest BCUT2D eigenvalue weighted by Gasteiger charge is 2.43. The summed E-state index contributed by atoms with van der Waals surface area (Å²) in [6.07, 6.45) is 0. The summed E-state index contributed by atoms with van der Waals surface area (Å²) in [7, 11) is 0. The van der Waals surface area contributed by atoms with E-state index in [1.165, 1.54) is 64.8 Å². The van der Waals surface area contributed by atoms with Crippen molar-refractivity contribution in [2.75, 3.05) is 14.7 Å². The Morgan fingerprint density at radius 3 is 0.793 bits per heavy atom. The molecule has 3 aromatic heterocycles. The van der Waals surface area contributed by atoms with Crippen molar-refractivity contribution >= 4 is 118 Å². The van der Waals surface area contributed by atoms with Crippen LogP contribution in [0.15, 0.2) is 413 Å². The van der Waals surface area contributed by atoms with Crippen molar-refractivity contribution in [2.45, 2.75) is 55.4 Å². The molecule has 19 aromatic carbocycles. The highest BCUT2D eigenvalue weighted by molar-refractivity contribution is 6.38. The minimum atomic E-state index is -0.328. The normalized spacial score (nSPS) is 12.8. The van der Waals surface area contributed by atoms with Crippen LogP contribution in [-0.2, 0) is 0 Å². The molecule has 0 aliphatic carbocycles. The first-order valence-corrected chi connectivity index (χ1v) is 47.3. The Morgan fingerprint density at radius 1 is 0.164 bits per heavy atom. The maximum absolute atomic E-state index is 14.7. The quantitative estimate of drug-likeness (QED) is 0.106. The summed E-state index contributed by atoms with van der Waals surface area (Å²) in [4.78, 5) is 89.1. The molecular weight excluding hydrogens is 1720 g/mol. The van der Waals surface area contributed by atoms with Crippen molar-refractivity contribution in [2.24, 2.45) is 0 Å². The molecule has 12 nitrogen and oxygen atoms in total. The van der Waals surface area contributed by atoms with Crippen molar-refractivity contribution < 1.29 is 28.8 Å². The second-order valence-electron chi connectivity index (χ2n) is 36.8. The molecule has 0 spiro atoms. The number of carbonyl (C=O) groups excluding carboxylic acids is 6. The number of imide groups is 3. The van der Waals surface area contributed by atoms with Crippen LogP contribution in [0.1, 0.15) is 107 Å². The Hall–Kier alpha value is -18.0.